The molecule has 0 aliphatic carbocycles. The van der Waals surface area contributed by atoms with Gasteiger partial charge in [-0.2, -0.15) is 5.10 Å². The van der Waals surface area contributed by atoms with Crippen LogP contribution in [0, 0.1) is 0 Å². The number of fused-ring (bicyclic) bond motifs is 1. The highest BCUT2D eigenvalue weighted by Gasteiger charge is 2.25. The number of anilines is 1. The van der Waals surface area contributed by atoms with E-state index >= 15 is 0 Å². The molecule has 0 radical (unpaired) electrons. The Morgan fingerprint density at radius 2 is 1.96 bits per heavy atom. The highest BCUT2D eigenvalue weighted by Crippen LogP contribution is 2.31. The molecule has 7 nitrogen and oxygen atoms in total. The summed E-state index contributed by atoms with van der Waals surface area (Å²) in [6.45, 7) is 6.38. The molecule has 1 fully saturated rings. The van der Waals surface area contributed by atoms with Crippen molar-refractivity contribution in [3.63, 3.8) is 0 Å². The summed E-state index contributed by atoms with van der Waals surface area (Å²) in [6.07, 6.45) is 0.906. The second-order valence-electron chi connectivity index (χ2n) is 7.10. The van der Waals surface area contributed by atoms with Crippen LogP contribution in [0.4, 0.5) is 10.5 Å². The fourth-order valence-electron chi connectivity index (χ4n) is 2.78. The average Bonchev–Trinajstić information content (AvgIpc) is 2.54. The van der Waals surface area contributed by atoms with Crippen molar-refractivity contribution in [2.24, 2.45) is 4.36 Å². The molecule has 1 aliphatic heterocycles. The summed E-state index contributed by atoms with van der Waals surface area (Å²) < 4.78 is 22.8. The summed E-state index contributed by atoms with van der Waals surface area (Å²) >= 11 is 3.49. The summed E-state index contributed by atoms with van der Waals surface area (Å²) in [5.41, 5.74) is 1.15. The maximum Gasteiger partial charge on any atom is 0.442 e. The second kappa shape index (κ2) is 7.11. The van der Waals surface area contributed by atoms with E-state index in [0.29, 0.717) is 24.6 Å². The van der Waals surface area contributed by atoms with E-state index in [-0.39, 0.29) is 0 Å². The van der Waals surface area contributed by atoms with Crippen LogP contribution in [0.5, 0.6) is 0 Å². The van der Waals surface area contributed by atoms with Crippen LogP contribution in [0.1, 0.15) is 20.8 Å². The lowest BCUT2D eigenvalue weighted by Gasteiger charge is -2.31. The number of nitrogens with zero attached hydrogens (tertiary/aromatic N) is 4. The molecule has 1 aromatic carbocycles. The van der Waals surface area contributed by atoms with Gasteiger partial charge >= 0.3 is 6.09 Å². The zero-order valence-corrected chi connectivity index (χ0v) is 17.3. The Morgan fingerprint density at radius 3 is 2.62 bits per heavy atom. The minimum Gasteiger partial charge on any atom is -0.442 e. The van der Waals surface area contributed by atoms with E-state index in [4.69, 9.17) is 4.74 Å². The number of aromatic nitrogens is 2. The highest BCUT2D eigenvalue weighted by molar-refractivity contribution is 9.10. The zero-order valence-electron chi connectivity index (χ0n) is 14.9. The number of halogens is 1. The number of amides is 1. The maximum absolute atomic E-state index is 12.9. The van der Waals surface area contributed by atoms with Gasteiger partial charge in [0, 0.05) is 40.1 Å². The lowest BCUT2D eigenvalue weighted by Crippen LogP contribution is -2.40. The molecule has 0 N–H and O–H groups in total. The van der Waals surface area contributed by atoms with Crippen molar-refractivity contribution in [1.82, 2.24) is 10.2 Å². The Kier molecular flexibility index (Phi) is 5.21. The Labute approximate surface area is 161 Å². The molecule has 1 saturated heterocycles. The number of benzene rings is 1. The van der Waals surface area contributed by atoms with Gasteiger partial charge in [0.1, 0.15) is 11.1 Å². The number of ether oxygens (including phenoxy) is 1. The molecule has 2 heterocycles. The SMILES string of the molecule is CC(C)(C)OC(=O)N=S1(=O)CCN(c2ccc(Br)c3nnccc23)CC1. The van der Waals surface area contributed by atoms with Crippen LogP contribution in [-0.2, 0) is 14.5 Å². The molecule has 0 bridgehead atoms. The van der Waals surface area contributed by atoms with E-state index in [2.05, 4.69) is 35.4 Å². The molecule has 140 valence electrons. The molecule has 1 aliphatic rings. The number of carbonyl (C=O) groups is 1. The van der Waals surface area contributed by atoms with E-state index in [0.717, 1.165) is 21.1 Å². The van der Waals surface area contributed by atoms with Gasteiger partial charge in [-0.25, -0.2) is 9.00 Å². The van der Waals surface area contributed by atoms with Crippen LogP contribution in [0.3, 0.4) is 0 Å². The fraction of sp³-hybridized carbons (Fsp3) is 0.471. The van der Waals surface area contributed by atoms with Gasteiger partial charge in [0.2, 0.25) is 0 Å². The van der Waals surface area contributed by atoms with Crippen molar-refractivity contribution in [3.8, 4) is 0 Å². The van der Waals surface area contributed by atoms with Gasteiger partial charge in [-0.1, -0.05) is 0 Å². The summed E-state index contributed by atoms with van der Waals surface area (Å²) in [6, 6.07) is 5.86. The van der Waals surface area contributed by atoms with Gasteiger partial charge in [-0.3, -0.25) is 0 Å². The largest absolute Gasteiger partial charge is 0.442 e. The average molecular weight is 441 g/mol. The van der Waals surface area contributed by atoms with Gasteiger partial charge < -0.3 is 9.64 Å². The summed E-state index contributed by atoms with van der Waals surface area (Å²) in [4.78, 5) is 14.0. The number of rotatable bonds is 1. The molecule has 0 spiro atoms. The summed E-state index contributed by atoms with van der Waals surface area (Å²) in [5, 5.41) is 9.09. The predicted molar refractivity (Wildman–Crippen MR) is 106 cm³/mol. The first-order chi connectivity index (χ1) is 12.2. The topological polar surface area (TPSA) is 84.8 Å². The molecule has 1 amide bonds. The molecule has 0 atom stereocenters. The molecule has 3 rings (SSSR count). The van der Waals surface area contributed by atoms with Crippen LogP contribution in [0.25, 0.3) is 10.9 Å². The Hall–Kier alpha value is -1.74. The minimum absolute atomic E-state index is 0.322. The zero-order chi connectivity index (χ0) is 18.9. The van der Waals surface area contributed by atoms with E-state index in [1.165, 1.54) is 0 Å². The molecule has 0 unspecified atom stereocenters. The highest BCUT2D eigenvalue weighted by atomic mass is 79.9. The van der Waals surface area contributed by atoms with Crippen molar-refractivity contribution >= 4 is 48.3 Å². The summed E-state index contributed by atoms with van der Waals surface area (Å²) in [5.74, 6) is 0.643. The van der Waals surface area contributed by atoms with Gasteiger partial charge in [0.15, 0.2) is 0 Å². The Morgan fingerprint density at radius 1 is 1.27 bits per heavy atom. The Balaban J connectivity index is 1.80. The van der Waals surface area contributed by atoms with Crippen LogP contribution < -0.4 is 4.90 Å². The lowest BCUT2D eigenvalue weighted by atomic mass is 10.1. The van der Waals surface area contributed by atoms with Crippen molar-refractivity contribution in [3.05, 3.63) is 28.9 Å². The first-order valence-electron chi connectivity index (χ1n) is 8.27. The van der Waals surface area contributed by atoms with Crippen molar-refractivity contribution in [2.75, 3.05) is 29.5 Å². The van der Waals surface area contributed by atoms with Crippen molar-refractivity contribution < 1.29 is 13.7 Å². The van der Waals surface area contributed by atoms with Crippen LogP contribution in [0.15, 0.2) is 33.2 Å². The van der Waals surface area contributed by atoms with E-state index in [9.17, 15) is 9.00 Å². The first kappa shape index (κ1) is 19.0. The van der Waals surface area contributed by atoms with Gasteiger partial charge in [0.25, 0.3) is 0 Å². The maximum atomic E-state index is 12.9. The van der Waals surface area contributed by atoms with E-state index < -0.39 is 21.4 Å². The first-order valence-corrected chi connectivity index (χ1v) is 10.9. The van der Waals surface area contributed by atoms with E-state index in [1.807, 2.05) is 18.2 Å². The molecule has 26 heavy (non-hydrogen) atoms. The van der Waals surface area contributed by atoms with Crippen LogP contribution in [-0.4, -0.2) is 50.7 Å². The van der Waals surface area contributed by atoms with Gasteiger partial charge in [-0.15, -0.1) is 9.46 Å². The van der Waals surface area contributed by atoms with Crippen LogP contribution >= 0.6 is 15.9 Å². The molecule has 0 saturated carbocycles. The molecular weight excluding hydrogens is 420 g/mol. The van der Waals surface area contributed by atoms with Gasteiger partial charge in [-0.05, 0) is 54.9 Å². The third-order valence-electron chi connectivity index (χ3n) is 3.95. The molecule has 2 aromatic rings. The summed E-state index contributed by atoms with van der Waals surface area (Å²) in [7, 11) is -2.59. The third-order valence-corrected chi connectivity index (χ3v) is 6.71. The molecule has 1 aromatic heterocycles. The lowest BCUT2D eigenvalue weighted by molar-refractivity contribution is 0.0607. The monoisotopic (exact) mass is 440 g/mol. The van der Waals surface area contributed by atoms with Crippen molar-refractivity contribution in [2.45, 2.75) is 26.4 Å². The number of hydrogen-bond acceptors (Lipinski definition) is 6. The number of hydrogen-bond donors (Lipinski definition) is 0. The van der Waals surface area contributed by atoms with E-state index in [1.54, 1.807) is 27.0 Å². The smallest absolute Gasteiger partial charge is 0.442 e. The fourth-order valence-corrected chi connectivity index (χ4v) is 4.91. The normalized spacial score (nSPS) is 17.2. The second-order valence-corrected chi connectivity index (χ2v) is 10.5. The molecule has 9 heteroatoms. The molecular formula is C17H21BrN4O3S. The quantitative estimate of drug-likeness (QED) is 0.672. The third kappa shape index (κ3) is 4.32. The van der Waals surface area contributed by atoms with Gasteiger partial charge in [0.05, 0.1) is 15.9 Å². The minimum atomic E-state index is -2.59. The standard InChI is InChI=1S/C17H21BrN4O3S/c1-17(2,3)25-16(23)21-26(24)10-8-22(9-11-26)14-5-4-13(18)15-12(14)6-7-19-20-15/h4-7H,8-11H2,1-3H3. The predicted octanol–water partition coefficient (Wildman–Crippen LogP) is 3.62. The Bertz CT molecular complexity index is 950. The number of carbonyl (C=O) groups excluding carboxylic acids is 1. The van der Waals surface area contributed by atoms with Crippen LogP contribution in [0.2, 0.25) is 0 Å². The van der Waals surface area contributed by atoms with Crippen molar-refractivity contribution in [1.29, 1.82) is 0 Å².